The molecule has 1 aromatic carbocycles. The predicted molar refractivity (Wildman–Crippen MR) is 102 cm³/mol. The van der Waals surface area contributed by atoms with E-state index in [0.717, 1.165) is 31.7 Å². The maximum atomic E-state index is 12.9. The fourth-order valence-electron chi connectivity index (χ4n) is 3.19. The van der Waals surface area contributed by atoms with E-state index in [2.05, 4.69) is 10.6 Å². The van der Waals surface area contributed by atoms with Crippen molar-refractivity contribution in [1.82, 2.24) is 15.5 Å². The molecule has 1 atom stereocenters. The van der Waals surface area contributed by atoms with Crippen LogP contribution in [0, 0.1) is 5.92 Å². The molecule has 6 nitrogen and oxygen atoms in total. The van der Waals surface area contributed by atoms with Crippen LogP contribution in [0.5, 0.6) is 5.75 Å². The van der Waals surface area contributed by atoms with Crippen molar-refractivity contribution in [2.24, 2.45) is 5.92 Å². The van der Waals surface area contributed by atoms with E-state index in [-0.39, 0.29) is 17.7 Å². The van der Waals surface area contributed by atoms with Crippen LogP contribution in [0.25, 0.3) is 0 Å². The minimum atomic E-state index is -0.514. The fourth-order valence-corrected chi connectivity index (χ4v) is 3.19. The number of nitrogens with one attached hydrogen (secondary N) is 2. The van der Waals surface area contributed by atoms with Gasteiger partial charge >= 0.3 is 0 Å². The second kappa shape index (κ2) is 9.57. The van der Waals surface area contributed by atoms with Gasteiger partial charge in [0.15, 0.2) is 0 Å². The van der Waals surface area contributed by atoms with Gasteiger partial charge in [0.2, 0.25) is 5.91 Å². The molecule has 0 spiro atoms. The minimum Gasteiger partial charge on any atom is -0.494 e. The average molecular weight is 361 g/mol. The molecule has 1 aliphatic heterocycles. The van der Waals surface area contributed by atoms with Gasteiger partial charge in [-0.15, -0.1) is 0 Å². The van der Waals surface area contributed by atoms with Crippen LogP contribution < -0.4 is 15.4 Å². The van der Waals surface area contributed by atoms with E-state index < -0.39 is 6.04 Å². The molecule has 26 heavy (non-hydrogen) atoms. The van der Waals surface area contributed by atoms with Crippen molar-refractivity contribution in [2.75, 3.05) is 26.7 Å². The maximum Gasteiger partial charge on any atom is 0.251 e. The van der Waals surface area contributed by atoms with Crippen molar-refractivity contribution in [1.29, 1.82) is 0 Å². The van der Waals surface area contributed by atoms with Crippen molar-refractivity contribution in [2.45, 2.75) is 45.7 Å². The number of likely N-dealkylation sites (tertiary alicyclic amines) is 1. The van der Waals surface area contributed by atoms with E-state index in [9.17, 15) is 9.59 Å². The summed E-state index contributed by atoms with van der Waals surface area (Å²) in [6.45, 7) is 7.88. The molecule has 1 saturated heterocycles. The van der Waals surface area contributed by atoms with E-state index >= 15 is 0 Å². The van der Waals surface area contributed by atoms with Crippen LogP contribution in [-0.4, -0.2) is 55.5 Å². The molecule has 1 aromatic rings. The Morgan fingerprint density at radius 2 is 1.81 bits per heavy atom. The zero-order chi connectivity index (χ0) is 19.1. The summed E-state index contributed by atoms with van der Waals surface area (Å²) in [4.78, 5) is 27.4. The molecule has 1 fully saturated rings. The zero-order valence-corrected chi connectivity index (χ0v) is 16.2. The Bertz CT molecular complexity index is 593. The second-order valence-electron chi connectivity index (χ2n) is 7.04. The number of hydrogen-bond donors (Lipinski definition) is 2. The van der Waals surface area contributed by atoms with Crippen LogP contribution in [0.4, 0.5) is 0 Å². The second-order valence-corrected chi connectivity index (χ2v) is 7.04. The van der Waals surface area contributed by atoms with Gasteiger partial charge in [-0.05, 0) is 57.0 Å². The molecule has 2 amide bonds. The van der Waals surface area contributed by atoms with Gasteiger partial charge in [-0.2, -0.15) is 0 Å². The molecule has 6 heteroatoms. The first-order valence-electron chi connectivity index (χ1n) is 9.46. The lowest BCUT2D eigenvalue weighted by Crippen LogP contribution is -2.54. The molecule has 0 bridgehead atoms. The van der Waals surface area contributed by atoms with Crippen molar-refractivity contribution in [3.8, 4) is 5.75 Å². The number of hydrogen-bond acceptors (Lipinski definition) is 4. The standard InChI is InChI=1S/C20H31N3O3/c1-5-26-17-8-6-15(7-9-17)19(24)22-18(14(2)3)20(25)23-12-10-16(21-4)11-13-23/h6-9,14,16,18,21H,5,10-13H2,1-4H3,(H,22,24). The van der Waals surface area contributed by atoms with Crippen LogP contribution in [0.1, 0.15) is 44.0 Å². The monoisotopic (exact) mass is 361 g/mol. The molecule has 1 unspecified atom stereocenters. The van der Waals surface area contributed by atoms with Crippen LogP contribution >= 0.6 is 0 Å². The maximum absolute atomic E-state index is 12.9. The van der Waals surface area contributed by atoms with E-state index in [0.29, 0.717) is 18.2 Å². The van der Waals surface area contributed by atoms with Gasteiger partial charge in [0.05, 0.1) is 6.61 Å². The summed E-state index contributed by atoms with van der Waals surface area (Å²) in [5, 5.41) is 6.18. The molecule has 0 radical (unpaired) electrons. The summed E-state index contributed by atoms with van der Waals surface area (Å²) in [6, 6.07) is 6.94. The molecule has 2 rings (SSSR count). The predicted octanol–water partition coefficient (Wildman–Crippen LogP) is 2.05. The molecule has 0 aliphatic carbocycles. The SMILES string of the molecule is CCOc1ccc(C(=O)NC(C(=O)N2CCC(NC)CC2)C(C)C)cc1. The highest BCUT2D eigenvalue weighted by Gasteiger charge is 2.31. The number of carbonyl (C=O) groups is 2. The van der Waals surface area contributed by atoms with Crippen LogP contribution in [-0.2, 0) is 4.79 Å². The largest absolute Gasteiger partial charge is 0.494 e. The third-order valence-electron chi connectivity index (χ3n) is 4.86. The molecule has 2 N–H and O–H groups in total. The van der Waals surface area contributed by atoms with Gasteiger partial charge in [-0.3, -0.25) is 9.59 Å². The Morgan fingerprint density at radius 3 is 2.31 bits per heavy atom. The Morgan fingerprint density at radius 1 is 1.19 bits per heavy atom. The highest BCUT2D eigenvalue weighted by molar-refractivity contribution is 5.97. The van der Waals surface area contributed by atoms with Gasteiger partial charge in [-0.1, -0.05) is 13.8 Å². The van der Waals surface area contributed by atoms with Crippen LogP contribution in [0.3, 0.4) is 0 Å². The van der Waals surface area contributed by atoms with Crippen molar-refractivity contribution in [3.63, 3.8) is 0 Å². The molecule has 144 valence electrons. The van der Waals surface area contributed by atoms with Gasteiger partial charge < -0.3 is 20.3 Å². The van der Waals surface area contributed by atoms with E-state index in [1.54, 1.807) is 24.3 Å². The van der Waals surface area contributed by atoms with Gasteiger partial charge in [0, 0.05) is 24.7 Å². The smallest absolute Gasteiger partial charge is 0.251 e. The van der Waals surface area contributed by atoms with Crippen molar-refractivity contribution >= 4 is 11.8 Å². The third-order valence-corrected chi connectivity index (χ3v) is 4.86. The quantitative estimate of drug-likeness (QED) is 0.780. The summed E-state index contributed by atoms with van der Waals surface area (Å²) in [5.41, 5.74) is 0.529. The number of benzene rings is 1. The van der Waals surface area contributed by atoms with Crippen molar-refractivity contribution < 1.29 is 14.3 Å². The number of rotatable bonds is 7. The fraction of sp³-hybridized carbons (Fsp3) is 0.600. The molecule has 1 heterocycles. The topological polar surface area (TPSA) is 70.7 Å². The molecular weight excluding hydrogens is 330 g/mol. The summed E-state index contributed by atoms with van der Waals surface area (Å²) in [7, 11) is 1.95. The molecular formula is C20H31N3O3. The number of ether oxygens (including phenoxy) is 1. The minimum absolute atomic E-state index is 0.00818. The first-order valence-corrected chi connectivity index (χ1v) is 9.46. The lowest BCUT2D eigenvalue weighted by Gasteiger charge is -2.35. The summed E-state index contributed by atoms with van der Waals surface area (Å²) in [6.07, 6.45) is 1.89. The molecule has 0 saturated carbocycles. The van der Waals surface area contributed by atoms with Crippen LogP contribution in [0.15, 0.2) is 24.3 Å². The Hall–Kier alpha value is -2.08. The molecule has 0 aromatic heterocycles. The highest BCUT2D eigenvalue weighted by atomic mass is 16.5. The highest BCUT2D eigenvalue weighted by Crippen LogP contribution is 2.16. The Balaban J connectivity index is 2.00. The van der Waals surface area contributed by atoms with Crippen molar-refractivity contribution in [3.05, 3.63) is 29.8 Å². The van der Waals surface area contributed by atoms with E-state index in [1.807, 2.05) is 32.7 Å². The van der Waals surface area contributed by atoms with Crippen LogP contribution in [0.2, 0.25) is 0 Å². The summed E-state index contributed by atoms with van der Waals surface area (Å²) >= 11 is 0. The van der Waals surface area contributed by atoms with E-state index in [1.165, 1.54) is 0 Å². The first kappa shape index (κ1) is 20.2. The first-order chi connectivity index (χ1) is 12.5. The Labute approximate surface area is 156 Å². The average Bonchev–Trinajstić information content (AvgIpc) is 2.66. The lowest BCUT2D eigenvalue weighted by atomic mass is 9.99. The number of amides is 2. The lowest BCUT2D eigenvalue weighted by molar-refractivity contribution is -0.135. The molecule has 1 aliphatic rings. The summed E-state index contributed by atoms with van der Waals surface area (Å²) in [5.74, 6) is 0.531. The van der Waals surface area contributed by atoms with Gasteiger partial charge in [0.25, 0.3) is 5.91 Å². The van der Waals surface area contributed by atoms with Gasteiger partial charge in [0.1, 0.15) is 11.8 Å². The number of nitrogens with zero attached hydrogens (tertiary/aromatic N) is 1. The van der Waals surface area contributed by atoms with Gasteiger partial charge in [-0.25, -0.2) is 0 Å². The number of carbonyl (C=O) groups excluding carboxylic acids is 2. The third kappa shape index (κ3) is 5.21. The number of piperidine rings is 1. The normalized spacial score (nSPS) is 16.4. The zero-order valence-electron chi connectivity index (χ0n) is 16.2. The van der Waals surface area contributed by atoms with E-state index in [4.69, 9.17) is 4.74 Å². The Kier molecular flexibility index (Phi) is 7.45. The summed E-state index contributed by atoms with van der Waals surface area (Å²) < 4.78 is 5.40.